The maximum atomic E-state index is 9.96. The lowest BCUT2D eigenvalue weighted by molar-refractivity contribution is -0.103. The van der Waals surface area contributed by atoms with E-state index in [0.717, 1.165) is 12.1 Å². The lowest BCUT2D eigenvalue weighted by Gasteiger charge is -2.02. The fourth-order valence-corrected chi connectivity index (χ4v) is 1.01. The van der Waals surface area contributed by atoms with Gasteiger partial charge in [0.05, 0.1) is 11.8 Å². The molecule has 0 aliphatic rings. The second-order valence-corrected chi connectivity index (χ2v) is 3.23. The first kappa shape index (κ1) is 9.53. The third kappa shape index (κ3) is 3.12. The van der Waals surface area contributed by atoms with Gasteiger partial charge < -0.3 is 0 Å². The van der Waals surface area contributed by atoms with Gasteiger partial charge >= 0.3 is 0 Å². The molecular weight excluding hydrogens is 164 g/mol. The van der Waals surface area contributed by atoms with E-state index in [2.05, 4.69) is 30.8 Å². The van der Waals surface area contributed by atoms with Gasteiger partial charge in [-0.05, 0) is 11.8 Å². The van der Waals surface area contributed by atoms with Crippen LogP contribution in [-0.4, -0.2) is 16.1 Å². The van der Waals surface area contributed by atoms with Gasteiger partial charge in [-0.2, -0.15) is 5.10 Å². The topological polar surface area (TPSA) is 34.9 Å². The predicted octanol–water partition coefficient (Wildman–Crippen LogP) is 1.09. The molecule has 0 aliphatic carbocycles. The molecule has 0 unspecified atom stereocenters. The molecule has 0 fully saturated rings. The van der Waals surface area contributed by atoms with Crippen molar-refractivity contribution in [1.29, 1.82) is 0 Å². The van der Waals surface area contributed by atoms with Crippen molar-refractivity contribution in [3.8, 4) is 11.8 Å². The molecule has 68 valence electrons. The Hall–Kier alpha value is -1.56. The second kappa shape index (κ2) is 4.46. The van der Waals surface area contributed by atoms with Crippen LogP contribution in [0.1, 0.15) is 19.4 Å². The predicted molar refractivity (Wildman–Crippen MR) is 50.0 cm³/mol. The largest absolute Gasteiger partial charge is 0.289 e. The Balaban J connectivity index is 2.69. The van der Waals surface area contributed by atoms with Crippen LogP contribution in [0.2, 0.25) is 0 Å². The third-order valence-corrected chi connectivity index (χ3v) is 1.46. The van der Waals surface area contributed by atoms with Gasteiger partial charge in [0.25, 0.3) is 0 Å². The highest BCUT2D eigenvalue weighted by Gasteiger charge is 1.97. The molecule has 13 heavy (non-hydrogen) atoms. The molecule has 0 bridgehead atoms. The number of aldehydes is 1. The van der Waals surface area contributed by atoms with E-state index in [1.165, 1.54) is 0 Å². The molecule has 1 aromatic heterocycles. The van der Waals surface area contributed by atoms with Gasteiger partial charge in [0, 0.05) is 12.7 Å². The van der Waals surface area contributed by atoms with E-state index in [1.54, 1.807) is 6.20 Å². The SMILES string of the molecule is CC(C)Cn1cc(C#CC=O)cn1. The standard InChI is InChI=1S/C10H12N2O/c1-9(2)7-12-8-10(6-11-12)4-3-5-13/h5-6,8-9H,7H2,1-2H3. The fraction of sp³-hybridized carbons (Fsp3) is 0.400. The number of nitrogens with zero attached hydrogens (tertiary/aromatic N) is 2. The second-order valence-electron chi connectivity index (χ2n) is 3.23. The molecule has 0 amide bonds. The average molecular weight is 176 g/mol. The molecule has 1 heterocycles. The van der Waals surface area contributed by atoms with Crippen LogP contribution in [-0.2, 0) is 11.3 Å². The van der Waals surface area contributed by atoms with Crippen molar-refractivity contribution in [2.75, 3.05) is 0 Å². The summed E-state index contributed by atoms with van der Waals surface area (Å²) >= 11 is 0. The van der Waals surface area contributed by atoms with Crippen LogP contribution in [0.4, 0.5) is 0 Å². The van der Waals surface area contributed by atoms with Gasteiger partial charge in [0.1, 0.15) is 0 Å². The molecule has 0 aromatic carbocycles. The highest BCUT2D eigenvalue weighted by Crippen LogP contribution is 2.00. The van der Waals surface area contributed by atoms with Crippen molar-refractivity contribution < 1.29 is 4.79 Å². The van der Waals surface area contributed by atoms with Gasteiger partial charge in [-0.25, -0.2) is 0 Å². The van der Waals surface area contributed by atoms with E-state index in [9.17, 15) is 4.79 Å². The van der Waals surface area contributed by atoms with Crippen LogP contribution < -0.4 is 0 Å². The van der Waals surface area contributed by atoms with Crippen molar-refractivity contribution in [3.05, 3.63) is 18.0 Å². The molecule has 3 heteroatoms. The Bertz CT molecular complexity index is 341. The molecule has 0 atom stereocenters. The molecule has 1 rings (SSSR count). The van der Waals surface area contributed by atoms with Crippen LogP contribution in [0.5, 0.6) is 0 Å². The van der Waals surface area contributed by atoms with Crippen molar-refractivity contribution in [2.24, 2.45) is 5.92 Å². The minimum absolute atomic E-state index is 0.562. The van der Waals surface area contributed by atoms with E-state index < -0.39 is 0 Å². The van der Waals surface area contributed by atoms with E-state index >= 15 is 0 Å². The van der Waals surface area contributed by atoms with Gasteiger partial charge in [-0.3, -0.25) is 9.48 Å². The van der Waals surface area contributed by atoms with Gasteiger partial charge in [0.15, 0.2) is 6.29 Å². The summed E-state index contributed by atoms with van der Waals surface area (Å²) in [7, 11) is 0. The minimum atomic E-state index is 0.562. The van der Waals surface area contributed by atoms with Crippen LogP contribution in [0, 0.1) is 17.8 Å². The summed E-state index contributed by atoms with van der Waals surface area (Å²) in [4.78, 5) is 9.96. The highest BCUT2D eigenvalue weighted by molar-refractivity contribution is 5.73. The third-order valence-electron chi connectivity index (χ3n) is 1.46. The summed E-state index contributed by atoms with van der Waals surface area (Å²) in [5.74, 6) is 5.60. The van der Waals surface area contributed by atoms with E-state index in [1.807, 2.05) is 10.9 Å². The Morgan fingerprint density at radius 1 is 1.69 bits per heavy atom. The molecule has 0 spiro atoms. The Morgan fingerprint density at radius 2 is 2.46 bits per heavy atom. The zero-order valence-corrected chi connectivity index (χ0v) is 7.82. The first-order chi connectivity index (χ1) is 6.22. The van der Waals surface area contributed by atoms with E-state index in [0.29, 0.717) is 12.2 Å². The molecule has 1 aromatic rings. The van der Waals surface area contributed by atoms with Crippen molar-refractivity contribution in [1.82, 2.24) is 9.78 Å². The van der Waals surface area contributed by atoms with Crippen LogP contribution in [0.25, 0.3) is 0 Å². The number of rotatable bonds is 2. The lowest BCUT2D eigenvalue weighted by Crippen LogP contribution is -2.03. The van der Waals surface area contributed by atoms with Crippen LogP contribution in [0.15, 0.2) is 12.4 Å². The summed E-state index contributed by atoms with van der Waals surface area (Å²) < 4.78 is 1.83. The first-order valence-corrected chi connectivity index (χ1v) is 4.20. The van der Waals surface area contributed by atoms with Crippen molar-refractivity contribution in [2.45, 2.75) is 20.4 Å². The Morgan fingerprint density at radius 3 is 3.08 bits per heavy atom. The smallest absolute Gasteiger partial charge is 0.193 e. The van der Waals surface area contributed by atoms with E-state index in [-0.39, 0.29) is 0 Å². The normalized spacial score (nSPS) is 9.46. The van der Waals surface area contributed by atoms with Crippen LogP contribution in [0.3, 0.4) is 0 Å². The molecule has 0 N–H and O–H groups in total. The molecule has 3 nitrogen and oxygen atoms in total. The van der Waals surface area contributed by atoms with Crippen LogP contribution >= 0.6 is 0 Å². The van der Waals surface area contributed by atoms with Gasteiger partial charge in [0.2, 0.25) is 0 Å². The summed E-state index contributed by atoms with van der Waals surface area (Å²) in [6.45, 7) is 5.12. The molecule has 0 saturated heterocycles. The van der Waals surface area contributed by atoms with Crippen molar-refractivity contribution in [3.63, 3.8) is 0 Å². The number of aromatic nitrogens is 2. The van der Waals surface area contributed by atoms with Gasteiger partial charge in [-0.1, -0.05) is 19.8 Å². The monoisotopic (exact) mass is 176 g/mol. The average Bonchev–Trinajstić information content (AvgIpc) is 2.48. The molecule has 0 aliphatic heterocycles. The van der Waals surface area contributed by atoms with Gasteiger partial charge in [-0.15, -0.1) is 0 Å². The fourth-order valence-electron chi connectivity index (χ4n) is 1.01. The summed E-state index contributed by atoms with van der Waals surface area (Å²) in [5, 5.41) is 4.11. The highest BCUT2D eigenvalue weighted by atomic mass is 16.1. The summed E-state index contributed by atoms with van der Waals surface area (Å²) in [5.41, 5.74) is 0.785. The maximum Gasteiger partial charge on any atom is 0.193 e. The summed E-state index contributed by atoms with van der Waals surface area (Å²) in [6.07, 6.45) is 4.09. The minimum Gasteiger partial charge on any atom is -0.289 e. The number of carbonyl (C=O) groups is 1. The van der Waals surface area contributed by atoms with E-state index in [4.69, 9.17) is 0 Å². The lowest BCUT2D eigenvalue weighted by atomic mass is 10.2. The molecule has 0 saturated carbocycles. The maximum absolute atomic E-state index is 9.96. The van der Waals surface area contributed by atoms with Crippen molar-refractivity contribution >= 4 is 6.29 Å². The number of hydrogen-bond donors (Lipinski definition) is 0. The summed E-state index contributed by atoms with van der Waals surface area (Å²) in [6, 6.07) is 0. The Kier molecular flexibility index (Phi) is 3.27. The zero-order valence-electron chi connectivity index (χ0n) is 7.82. The quantitative estimate of drug-likeness (QED) is 0.499. The zero-order chi connectivity index (χ0) is 9.68. The number of hydrogen-bond acceptors (Lipinski definition) is 2. The Labute approximate surface area is 77.8 Å². The number of carbonyl (C=O) groups excluding carboxylic acids is 1. The molecule has 0 radical (unpaired) electrons. The first-order valence-electron chi connectivity index (χ1n) is 4.20. The molecular formula is C10H12N2O.